The average molecular weight is 542 g/mol. The van der Waals surface area contributed by atoms with Crippen LogP contribution < -0.4 is 5.32 Å². The standard InChI is InChI=1S/C22H19BrCl2N2O3S/c1-15-5-7-16(8-6-15)13-27(31(29,30)18-11-9-17(23)10-12-18)14-21(28)26-20-4-2-3-19(24)22(20)25/h2-12H,13-14H2,1H3,(H,26,28). The lowest BCUT2D eigenvalue weighted by atomic mass is 10.1. The monoisotopic (exact) mass is 540 g/mol. The van der Waals surface area contributed by atoms with Crippen molar-refractivity contribution in [2.24, 2.45) is 0 Å². The number of carbonyl (C=O) groups excluding carboxylic acids is 1. The molecule has 0 aliphatic rings. The molecule has 0 aromatic heterocycles. The van der Waals surface area contributed by atoms with Gasteiger partial charge in [-0.3, -0.25) is 4.79 Å². The molecular weight excluding hydrogens is 523 g/mol. The van der Waals surface area contributed by atoms with Crippen molar-refractivity contribution in [1.29, 1.82) is 0 Å². The molecule has 0 atom stereocenters. The molecule has 0 heterocycles. The molecule has 0 radical (unpaired) electrons. The van der Waals surface area contributed by atoms with Gasteiger partial charge in [-0.05, 0) is 48.9 Å². The van der Waals surface area contributed by atoms with Crippen LogP contribution in [0.15, 0.2) is 76.1 Å². The smallest absolute Gasteiger partial charge is 0.243 e. The summed E-state index contributed by atoms with van der Waals surface area (Å²) in [6, 6.07) is 18.6. The van der Waals surface area contributed by atoms with Gasteiger partial charge in [-0.1, -0.05) is 75.0 Å². The van der Waals surface area contributed by atoms with Crippen molar-refractivity contribution < 1.29 is 13.2 Å². The highest BCUT2D eigenvalue weighted by Gasteiger charge is 2.27. The summed E-state index contributed by atoms with van der Waals surface area (Å²) in [5.41, 5.74) is 2.13. The second kappa shape index (κ2) is 10.1. The van der Waals surface area contributed by atoms with Crippen LogP contribution in [0.3, 0.4) is 0 Å². The molecule has 0 spiro atoms. The van der Waals surface area contributed by atoms with Crippen LogP contribution in [-0.4, -0.2) is 25.2 Å². The quantitative estimate of drug-likeness (QED) is 0.405. The Balaban J connectivity index is 1.89. The number of sulfonamides is 1. The molecule has 31 heavy (non-hydrogen) atoms. The van der Waals surface area contributed by atoms with Gasteiger partial charge in [0.2, 0.25) is 15.9 Å². The molecule has 3 aromatic rings. The summed E-state index contributed by atoms with van der Waals surface area (Å²) >= 11 is 15.4. The molecule has 3 aromatic carbocycles. The maximum absolute atomic E-state index is 13.3. The zero-order chi connectivity index (χ0) is 22.6. The summed E-state index contributed by atoms with van der Waals surface area (Å²) in [6.07, 6.45) is 0. The third-order valence-electron chi connectivity index (χ3n) is 4.48. The van der Waals surface area contributed by atoms with Gasteiger partial charge in [0.1, 0.15) is 0 Å². The molecule has 0 aliphatic heterocycles. The second-order valence-corrected chi connectivity index (χ2v) is 10.5. The van der Waals surface area contributed by atoms with Crippen molar-refractivity contribution >= 4 is 60.7 Å². The SMILES string of the molecule is Cc1ccc(CN(CC(=O)Nc2cccc(Cl)c2Cl)S(=O)(=O)c2ccc(Br)cc2)cc1. The number of amides is 1. The summed E-state index contributed by atoms with van der Waals surface area (Å²) < 4.78 is 28.5. The topological polar surface area (TPSA) is 66.5 Å². The molecule has 0 aliphatic carbocycles. The number of nitrogens with one attached hydrogen (secondary N) is 1. The Labute approximate surface area is 200 Å². The van der Waals surface area contributed by atoms with Gasteiger partial charge >= 0.3 is 0 Å². The number of halogens is 3. The first-order chi connectivity index (χ1) is 14.7. The molecule has 3 rings (SSSR count). The first-order valence-electron chi connectivity index (χ1n) is 9.22. The van der Waals surface area contributed by atoms with E-state index in [9.17, 15) is 13.2 Å². The predicted octanol–water partition coefficient (Wildman–Crippen LogP) is 5.89. The predicted molar refractivity (Wildman–Crippen MR) is 128 cm³/mol. The summed E-state index contributed by atoms with van der Waals surface area (Å²) in [5, 5.41) is 3.12. The van der Waals surface area contributed by atoms with Crippen LogP contribution in [0.5, 0.6) is 0 Å². The van der Waals surface area contributed by atoms with Crippen molar-refractivity contribution in [1.82, 2.24) is 4.31 Å². The normalized spacial score (nSPS) is 11.5. The zero-order valence-electron chi connectivity index (χ0n) is 16.5. The number of hydrogen-bond donors (Lipinski definition) is 1. The first kappa shape index (κ1) is 23.8. The Hall–Kier alpha value is -1.90. The van der Waals surface area contributed by atoms with Crippen LogP contribution >= 0.6 is 39.1 Å². The van der Waals surface area contributed by atoms with Crippen LogP contribution in [0.1, 0.15) is 11.1 Å². The fourth-order valence-electron chi connectivity index (χ4n) is 2.83. The van der Waals surface area contributed by atoms with Crippen LogP contribution in [0.4, 0.5) is 5.69 Å². The molecule has 1 amide bonds. The molecule has 0 saturated heterocycles. The maximum atomic E-state index is 13.3. The molecule has 9 heteroatoms. The Kier molecular flexibility index (Phi) is 7.78. The van der Waals surface area contributed by atoms with Crippen molar-refractivity contribution in [2.45, 2.75) is 18.4 Å². The lowest BCUT2D eigenvalue weighted by Gasteiger charge is -2.22. The summed E-state index contributed by atoms with van der Waals surface area (Å²) in [7, 11) is -3.94. The highest BCUT2D eigenvalue weighted by atomic mass is 79.9. The Morgan fingerprint density at radius 3 is 2.29 bits per heavy atom. The number of anilines is 1. The largest absolute Gasteiger partial charge is 0.324 e. The molecule has 162 valence electrons. The number of hydrogen-bond acceptors (Lipinski definition) is 3. The van der Waals surface area contributed by atoms with Crippen molar-refractivity contribution in [3.63, 3.8) is 0 Å². The van der Waals surface area contributed by atoms with Gasteiger partial charge in [0, 0.05) is 11.0 Å². The molecule has 0 fully saturated rings. The Morgan fingerprint density at radius 1 is 1.00 bits per heavy atom. The van der Waals surface area contributed by atoms with E-state index < -0.39 is 22.5 Å². The minimum Gasteiger partial charge on any atom is -0.324 e. The van der Waals surface area contributed by atoms with Gasteiger partial charge < -0.3 is 5.32 Å². The number of nitrogens with zero attached hydrogens (tertiary/aromatic N) is 1. The van der Waals surface area contributed by atoms with Crippen molar-refractivity contribution in [3.05, 3.63) is 92.4 Å². The second-order valence-electron chi connectivity index (χ2n) is 6.86. The molecule has 0 bridgehead atoms. The minimum atomic E-state index is -3.94. The first-order valence-corrected chi connectivity index (χ1v) is 12.2. The zero-order valence-corrected chi connectivity index (χ0v) is 20.4. The van der Waals surface area contributed by atoms with Gasteiger partial charge in [-0.2, -0.15) is 4.31 Å². The van der Waals surface area contributed by atoms with Gasteiger partial charge in [0.05, 0.1) is 27.2 Å². The summed E-state index contributed by atoms with van der Waals surface area (Å²) in [6.45, 7) is 1.59. The lowest BCUT2D eigenvalue weighted by Crippen LogP contribution is -2.37. The lowest BCUT2D eigenvalue weighted by molar-refractivity contribution is -0.116. The van der Waals surface area contributed by atoms with Gasteiger partial charge in [-0.15, -0.1) is 0 Å². The van der Waals surface area contributed by atoms with E-state index in [2.05, 4.69) is 21.2 Å². The third kappa shape index (κ3) is 6.08. The number of aryl methyl sites for hydroxylation is 1. The number of rotatable bonds is 7. The van der Waals surface area contributed by atoms with E-state index >= 15 is 0 Å². The van der Waals surface area contributed by atoms with Crippen LogP contribution in [0.2, 0.25) is 10.0 Å². The van der Waals surface area contributed by atoms with E-state index in [4.69, 9.17) is 23.2 Å². The van der Waals surface area contributed by atoms with E-state index in [0.717, 1.165) is 19.9 Å². The fraction of sp³-hybridized carbons (Fsp3) is 0.136. The fourth-order valence-corrected chi connectivity index (χ4v) is 4.83. The van der Waals surface area contributed by atoms with Gasteiger partial charge in [-0.25, -0.2) is 8.42 Å². The Morgan fingerprint density at radius 2 is 1.65 bits per heavy atom. The summed E-state index contributed by atoms with van der Waals surface area (Å²) in [4.78, 5) is 12.8. The van der Waals surface area contributed by atoms with Crippen LogP contribution in [0.25, 0.3) is 0 Å². The summed E-state index contributed by atoms with van der Waals surface area (Å²) in [5.74, 6) is -0.531. The van der Waals surface area contributed by atoms with E-state index in [1.807, 2.05) is 31.2 Å². The minimum absolute atomic E-state index is 0.0371. The number of benzene rings is 3. The van der Waals surface area contributed by atoms with Crippen molar-refractivity contribution in [3.8, 4) is 0 Å². The molecule has 0 saturated carbocycles. The molecule has 0 unspecified atom stereocenters. The molecule has 1 N–H and O–H groups in total. The van der Waals surface area contributed by atoms with E-state index in [1.54, 1.807) is 30.3 Å². The molecular formula is C22H19BrCl2N2O3S. The van der Waals surface area contributed by atoms with Gasteiger partial charge in [0.25, 0.3) is 0 Å². The highest BCUT2D eigenvalue weighted by Crippen LogP contribution is 2.29. The van der Waals surface area contributed by atoms with Crippen molar-refractivity contribution in [2.75, 3.05) is 11.9 Å². The average Bonchev–Trinajstić information content (AvgIpc) is 2.73. The maximum Gasteiger partial charge on any atom is 0.243 e. The highest BCUT2D eigenvalue weighted by molar-refractivity contribution is 9.10. The number of carbonyl (C=O) groups is 1. The van der Waals surface area contributed by atoms with E-state index in [-0.39, 0.29) is 16.5 Å². The third-order valence-corrected chi connectivity index (χ3v) is 7.63. The van der Waals surface area contributed by atoms with Gasteiger partial charge in [0.15, 0.2) is 0 Å². The van der Waals surface area contributed by atoms with E-state index in [1.165, 1.54) is 12.1 Å². The molecule has 5 nitrogen and oxygen atoms in total. The van der Waals surface area contributed by atoms with Crippen LogP contribution in [0, 0.1) is 6.92 Å². The van der Waals surface area contributed by atoms with E-state index in [0.29, 0.717) is 10.7 Å². The van der Waals surface area contributed by atoms with Crippen LogP contribution in [-0.2, 0) is 21.4 Å². The Bertz CT molecular complexity index is 1180.